The number of carbonyl (C=O) groups excluding carboxylic acids is 1. The molecule has 0 saturated carbocycles. The molecule has 0 heterocycles. The third-order valence-corrected chi connectivity index (χ3v) is 4.33. The van der Waals surface area contributed by atoms with Gasteiger partial charge in [-0.15, -0.1) is 0 Å². The highest BCUT2D eigenvalue weighted by Crippen LogP contribution is 2.54. The minimum absolute atomic E-state index is 0.145. The van der Waals surface area contributed by atoms with Crippen LogP contribution in [0.1, 0.15) is 32.6 Å². The second kappa shape index (κ2) is 2.94. The van der Waals surface area contributed by atoms with Gasteiger partial charge in [-0.05, 0) is 31.3 Å². The first-order valence-electron chi connectivity index (χ1n) is 5.80. The van der Waals surface area contributed by atoms with Gasteiger partial charge in [0.15, 0.2) is 5.78 Å². The molecular formula is C14H16O. The van der Waals surface area contributed by atoms with Gasteiger partial charge in [-0.25, -0.2) is 0 Å². The molecule has 1 nitrogen and oxygen atoms in total. The number of carbonyl (C=O) groups is 1. The lowest BCUT2D eigenvalue weighted by Gasteiger charge is -2.35. The van der Waals surface area contributed by atoms with Gasteiger partial charge in [-0.3, -0.25) is 4.79 Å². The number of hydrogen-bond donors (Lipinski definition) is 0. The van der Waals surface area contributed by atoms with Crippen molar-refractivity contribution in [2.75, 3.05) is 0 Å². The van der Waals surface area contributed by atoms with Gasteiger partial charge in [0.05, 0.1) is 0 Å². The Bertz CT molecular complexity index is 411. The van der Waals surface area contributed by atoms with Crippen molar-refractivity contribution >= 4 is 5.78 Å². The van der Waals surface area contributed by atoms with Crippen LogP contribution in [-0.4, -0.2) is 5.78 Å². The van der Waals surface area contributed by atoms with Crippen LogP contribution in [-0.2, 0) is 4.79 Å². The summed E-state index contributed by atoms with van der Waals surface area (Å²) < 4.78 is 0. The minimum Gasteiger partial charge on any atom is -0.294 e. The van der Waals surface area contributed by atoms with E-state index in [1.165, 1.54) is 5.57 Å². The fraction of sp³-hybridized carbons (Fsp3) is 0.500. The fourth-order valence-electron chi connectivity index (χ4n) is 3.38. The molecule has 0 fully saturated rings. The number of Topliss-reactive ketones (excluding diaryl/α,β-unsaturated/α-hetero) is 1. The van der Waals surface area contributed by atoms with Crippen molar-refractivity contribution in [1.82, 2.24) is 0 Å². The van der Waals surface area contributed by atoms with Crippen LogP contribution in [0.15, 0.2) is 35.5 Å². The lowest BCUT2D eigenvalue weighted by atomic mass is 9.68. The maximum atomic E-state index is 12.3. The maximum Gasteiger partial charge on any atom is 0.163 e. The van der Waals surface area contributed by atoms with Crippen molar-refractivity contribution in [2.45, 2.75) is 32.6 Å². The van der Waals surface area contributed by atoms with E-state index < -0.39 is 0 Å². The molecule has 0 saturated heterocycles. The normalized spacial score (nSPS) is 38.2. The quantitative estimate of drug-likeness (QED) is 0.549. The van der Waals surface area contributed by atoms with E-state index >= 15 is 0 Å². The molecular weight excluding hydrogens is 184 g/mol. The van der Waals surface area contributed by atoms with Crippen LogP contribution < -0.4 is 0 Å². The Morgan fingerprint density at radius 1 is 1.20 bits per heavy atom. The molecule has 1 heteroatoms. The topological polar surface area (TPSA) is 17.1 Å². The third kappa shape index (κ3) is 1.06. The highest BCUT2D eigenvalue weighted by Gasteiger charge is 2.49. The lowest BCUT2D eigenvalue weighted by molar-refractivity contribution is -0.120. The summed E-state index contributed by atoms with van der Waals surface area (Å²) in [5.74, 6) is 0.675. The molecule has 3 aliphatic rings. The zero-order valence-electron chi connectivity index (χ0n) is 9.12. The first kappa shape index (κ1) is 9.14. The zero-order valence-corrected chi connectivity index (χ0v) is 9.12. The Labute approximate surface area is 90.6 Å². The van der Waals surface area contributed by atoms with E-state index in [4.69, 9.17) is 0 Å². The SMILES string of the molecule is CC12CC=CCC1C(=O)C1=C2CC=CC1. The lowest BCUT2D eigenvalue weighted by Crippen LogP contribution is -2.30. The highest BCUT2D eigenvalue weighted by atomic mass is 16.1. The Morgan fingerprint density at radius 3 is 2.87 bits per heavy atom. The molecule has 2 atom stereocenters. The number of rotatable bonds is 0. The number of hydrogen-bond acceptors (Lipinski definition) is 1. The van der Waals surface area contributed by atoms with Crippen LogP contribution in [0, 0.1) is 11.3 Å². The summed E-state index contributed by atoms with van der Waals surface area (Å²) in [7, 11) is 0. The van der Waals surface area contributed by atoms with Crippen molar-refractivity contribution in [3.63, 3.8) is 0 Å². The molecule has 0 bridgehead atoms. The van der Waals surface area contributed by atoms with Gasteiger partial charge in [0.25, 0.3) is 0 Å². The van der Waals surface area contributed by atoms with Crippen molar-refractivity contribution in [3.05, 3.63) is 35.5 Å². The first-order chi connectivity index (χ1) is 7.23. The summed E-state index contributed by atoms with van der Waals surface area (Å²) in [5.41, 5.74) is 2.71. The minimum atomic E-state index is 0.145. The third-order valence-electron chi connectivity index (χ3n) is 4.33. The van der Waals surface area contributed by atoms with Crippen LogP contribution in [0.5, 0.6) is 0 Å². The highest BCUT2D eigenvalue weighted by molar-refractivity contribution is 6.02. The summed E-state index contributed by atoms with van der Waals surface area (Å²) in [6, 6.07) is 0. The van der Waals surface area contributed by atoms with E-state index in [9.17, 15) is 4.79 Å². The number of allylic oxidation sites excluding steroid dienone is 6. The molecule has 78 valence electrons. The first-order valence-corrected chi connectivity index (χ1v) is 5.80. The Balaban J connectivity index is 2.09. The number of ketones is 1. The van der Waals surface area contributed by atoms with Crippen LogP contribution in [0.3, 0.4) is 0 Å². The Morgan fingerprint density at radius 2 is 2.00 bits per heavy atom. The molecule has 0 amide bonds. The summed E-state index contributed by atoms with van der Waals surface area (Å²) >= 11 is 0. The number of fused-ring (bicyclic) bond motifs is 2. The molecule has 0 aromatic rings. The van der Waals surface area contributed by atoms with Gasteiger partial charge in [-0.1, -0.05) is 36.8 Å². The van der Waals surface area contributed by atoms with Crippen LogP contribution in [0.25, 0.3) is 0 Å². The van der Waals surface area contributed by atoms with Crippen molar-refractivity contribution < 1.29 is 4.79 Å². The molecule has 3 aliphatic carbocycles. The average Bonchev–Trinajstić information content (AvgIpc) is 2.50. The summed E-state index contributed by atoms with van der Waals surface area (Å²) in [4.78, 5) is 12.3. The average molecular weight is 200 g/mol. The van der Waals surface area contributed by atoms with E-state index in [0.717, 1.165) is 31.3 Å². The van der Waals surface area contributed by atoms with Gasteiger partial charge in [0.2, 0.25) is 0 Å². The fourth-order valence-corrected chi connectivity index (χ4v) is 3.38. The van der Waals surface area contributed by atoms with Crippen LogP contribution in [0.2, 0.25) is 0 Å². The van der Waals surface area contributed by atoms with Crippen LogP contribution in [0.4, 0.5) is 0 Å². The standard InChI is InChI=1S/C14H16O/c1-14-9-5-4-8-12(14)13(15)10-6-2-3-7-11(10)14/h2-5,12H,6-9H2,1H3. The van der Waals surface area contributed by atoms with E-state index in [-0.39, 0.29) is 11.3 Å². The van der Waals surface area contributed by atoms with Gasteiger partial charge >= 0.3 is 0 Å². The van der Waals surface area contributed by atoms with E-state index in [1.54, 1.807) is 0 Å². The predicted octanol–water partition coefficient (Wildman–Crippen LogP) is 3.19. The van der Waals surface area contributed by atoms with Gasteiger partial charge in [-0.2, -0.15) is 0 Å². The Hall–Kier alpha value is -1.11. The van der Waals surface area contributed by atoms with Gasteiger partial charge in [0.1, 0.15) is 0 Å². The smallest absolute Gasteiger partial charge is 0.163 e. The second-order valence-electron chi connectivity index (χ2n) is 5.08. The van der Waals surface area contributed by atoms with Gasteiger partial charge in [0, 0.05) is 11.3 Å². The Kier molecular flexibility index (Phi) is 1.79. The van der Waals surface area contributed by atoms with E-state index in [1.807, 2.05) is 0 Å². The summed E-state index contributed by atoms with van der Waals surface area (Å²) in [5, 5.41) is 0. The molecule has 3 rings (SSSR count). The second-order valence-corrected chi connectivity index (χ2v) is 5.08. The molecule has 0 spiro atoms. The molecule has 0 aromatic carbocycles. The van der Waals surface area contributed by atoms with Crippen molar-refractivity contribution in [3.8, 4) is 0 Å². The van der Waals surface area contributed by atoms with Crippen molar-refractivity contribution in [1.29, 1.82) is 0 Å². The zero-order chi connectivity index (χ0) is 10.5. The van der Waals surface area contributed by atoms with Crippen LogP contribution >= 0.6 is 0 Å². The molecule has 0 radical (unpaired) electrons. The van der Waals surface area contributed by atoms with E-state index in [0.29, 0.717) is 5.78 Å². The van der Waals surface area contributed by atoms with Gasteiger partial charge < -0.3 is 0 Å². The molecule has 2 unspecified atom stereocenters. The summed E-state index contributed by atoms with van der Waals surface area (Å²) in [6.45, 7) is 2.28. The molecule has 15 heavy (non-hydrogen) atoms. The molecule has 0 N–H and O–H groups in total. The maximum absolute atomic E-state index is 12.3. The molecule has 0 aromatic heterocycles. The largest absolute Gasteiger partial charge is 0.294 e. The van der Waals surface area contributed by atoms with E-state index in [2.05, 4.69) is 31.2 Å². The summed E-state index contributed by atoms with van der Waals surface area (Å²) in [6.07, 6.45) is 12.7. The monoisotopic (exact) mass is 200 g/mol. The predicted molar refractivity (Wildman–Crippen MR) is 60.4 cm³/mol. The van der Waals surface area contributed by atoms with Crippen molar-refractivity contribution in [2.24, 2.45) is 11.3 Å². The molecule has 0 aliphatic heterocycles.